The average Bonchev–Trinajstić information content (AvgIpc) is 3.13. The maximum absolute atomic E-state index is 13.8. The Labute approximate surface area is 192 Å². The van der Waals surface area contributed by atoms with Gasteiger partial charge in [0.1, 0.15) is 11.2 Å². The summed E-state index contributed by atoms with van der Waals surface area (Å²) in [4.78, 5) is 39.1. The van der Waals surface area contributed by atoms with Crippen molar-refractivity contribution in [3.8, 4) is 0 Å². The molecule has 2 rings (SSSR count). The van der Waals surface area contributed by atoms with E-state index in [1.165, 1.54) is 0 Å². The van der Waals surface area contributed by atoms with Crippen LogP contribution in [0.2, 0.25) is 0 Å². The van der Waals surface area contributed by atoms with Crippen LogP contribution in [0.3, 0.4) is 0 Å². The number of carboxylic acid groups (broad SMARTS) is 1. The molecule has 1 aromatic rings. The Hall–Kier alpha value is -2.05. The van der Waals surface area contributed by atoms with Gasteiger partial charge in [-0.25, -0.2) is 0 Å². The summed E-state index contributed by atoms with van der Waals surface area (Å²) >= 11 is 0. The topological polar surface area (TPSA) is 109 Å². The first kappa shape index (κ1) is 26.2. The molecule has 0 aromatic heterocycles. The van der Waals surface area contributed by atoms with Crippen molar-refractivity contribution in [1.29, 1.82) is 0 Å². The lowest BCUT2D eigenvalue weighted by Gasteiger charge is -2.31. The van der Waals surface area contributed by atoms with E-state index in [0.717, 1.165) is 37.7 Å². The summed E-state index contributed by atoms with van der Waals surface area (Å²) in [6.45, 7) is 3.89. The summed E-state index contributed by atoms with van der Waals surface area (Å²) in [6, 6.07) is 9.90. The van der Waals surface area contributed by atoms with Gasteiger partial charge < -0.3 is 16.2 Å². The third kappa shape index (κ3) is 6.72. The third-order valence-corrected chi connectivity index (χ3v) is 6.86. The Kier molecular flexibility index (Phi) is 11.0. The lowest BCUT2D eigenvalue weighted by Crippen LogP contribution is -2.46. The molecule has 0 spiro atoms. The molecule has 1 aliphatic carbocycles. The van der Waals surface area contributed by atoms with E-state index in [1.807, 2.05) is 30.3 Å². The van der Waals surface area contributed by atoms with Crippen LogP contribution in [0.5, 0.6) is 0 Å². The Morgan fingerprint density at radius 3 is 2.56 bits per heavy atom. The molecule has 0 radical (unpaired) electrons. The highest BCUT2D eigenvalue weighted by Gasteiger charge is 2.58. The quantitative estimate of drug-likeness (QED) is 0.264. The van der Waals surface area contributed by atoms with Crippen LogP contribution in [-0.2, 0) is 20.8 Å². The Balaban J connectivity index is 2.20. The van der Waals surface area contributed by atoms with E-state index in [4.69, 9.17) is 5.73 Å². The van der Waals surface area contributed by atoms with Crippen molar-refractivity contribution in [3.63, 3.8) is 0 Å². The minimum Gasteiger partial charge on any atom is -0.480 e. The van der Waals surface area contributed by atoms with Gasteiger partial charge in [-0.2, -0.15) is 0 Å². The maximum Gasteiger partial charge on any atom is 0.317 e. The number of unbranched alkanes of at least 4 members (excludes halogenated alkanes) is 3. The molecule has 6 nitrogen and oxygen atoms in total. The second-order valence-electron chi connectivity index (χ2n) is 9.07. The van der Waals surface area contributed by atoms with Crippen molar-refractivity contribution in [2.45, 2.75) is 71.1 Å². The Bertz CT molecular complexity index is 737. The SMILES string of the molecule is CCCCCCC(Cc1ccccc1)C(=O)[C@H]1CCC(=O)[C@@]1(CCCNCCN)C(=O)O. The van der Waals surface area contributed by atoms with Crippen LogP contribution in [0, 0.1) is 17.3 Å². The van der Waals surface area contributed by atoms with E-state index in [0.29, 0.717) is 38.9 Å². The third-order valence-electron chi connectivity index (χ3n) is 6.86. The van der Waals surface area contributed by atoms with Crippen molar-refractivity contribution >= 4 is 17.5 Å². The van der Waals surface area contributed by atoms with Crippen molar-refractivity contribution in [1.82, 2.24) is 5.32 Å². The molecular formula is C26H40N2O4. The molecule has 178 valence electrons. The number of Topliss-reactive ketones (excluding diaryl/α,β-unsaturated/α-hetero) is 2. The number of ketones is 2. The highest BCUT2D eigenvalue weighted by molar-refractivity contribution is 6.09. The van der Waals surface area contributed by atoms with E-state index < -0.39 is 17.3 Å². The fraction of sp³-hybridized carbons (Fsp3) is 0.654. The highest BCUT2D eigenvalue weighted by atomic mass is 16.4. The highest BCUT2D eigenvalue weighted by Crippen LogP contribution is 2.46. The molecule has 0 saturated heterocycles. The van der Waals surface area contributed by atoms with E-state index >= 15 is 0 Å². The van der Waals surface area contributed by atoms with Gasteiger partial charge in [0.25, 0.3) is 0 Å². The number of nitrogens with one attached hydrogen (secondary N) is 1. The summed E-state index contributed by atoms with van der Waals surface area (Å²) in [7, 11) is 0. The Morgan fingerprint density at radius 1 is 1.16 bits per heavy atom. The monoisotopic (exact) mass is 444 g/mol. The summed E-state index contributed by atoms with van der Waals surface area (Å²) in [6.07, 6.45) is 6.85. The number of benzene rings is 1. The molecule has 1 aliphatic rings. The zero-order valence-electron chi connectivity index (χ0n) is 19.5. The first-order valence-corrected chi connectivity index (χ1v) is 12.2. The van der Waals surface area contributed by atoms with Gasteiger partial charge in [0, 0.05) is 31.3 Å². The number of nitrogens with two attached hydrogens (primary N) is 1. The van der Waals surface area contributed by atoms with Crippen LogP contribution in [-0.4, -0.2) is 42.3 Å². The van der Waals surface area contributed by atoms with E-state index in [9.17, 15) is 19.5 Å². The largest absolute Gasteiger partial charge is 0.480 e. The summed E-state index contributed by atoms with van der Waals surface area (Å²) in [5, 5.41) is 13.3. The summed E-state index contributed by atoms with van der Waals surface area (Å²) < 4.78 is 0. The lowest BCUT2D eigenvalue weighted by atomic mass is 9.68. The smallest absolute Gasteiger partial charge is 0.317 e. The van der Waals surface area contributed by atoms with Gasteiger partial charge in [-0.1, -0.05) is 62.9 Å². The maximum atomic E-state index is 13.8. The van der Waals surface area contributed by atoms with Crippen molar-refractivity contribution in [2.24, 2.45) is 23.0 Å². The van der Waals surface area contributed by atoms with Gasteiger partial charge in [-0.05, 0) is 44.2 Å². The summed E-state index contributed by atoms with van der Waals surface area (Å²) in [5.74, 6) is -2.44. The fourth-order valence-corrected chi connectivity index (χ4v) is 5.08. The van der Waals surface area contributed by atoms with Crippen molar-refractivity contribution in [2.75, 3.05) is 19.6 Å². The van der Waals surface area contributed by atoms with Crippen LogP contribution in [0.4, 0.5) is 0 Å². The number of aliphatic carboxylic acids is 1. The number of carbonyl (C=O) groups is 3. The Morgan fingerprint density at radius 2 is 1.91 bits per heavy atom. The molecular weight excluding hydrogens is 404 g/mol. The molecule has 6 heteroatoms. The van der Waals surface area contributed by atoms with Gasteiger partial charge in [-0.3, -0.25) is 14.4 Å². The molecule has 0 bridgehead atoms. The number of carbonyl (C=O) groups excluding carboxylic acids is 2. The molecule has 0 heterocycles. The van der Waals surface area contributed by atoms with Gasteiger partial charge >= 0.3 is 5.97 Å². The van der Waals surface area contributed by atoms with E-state index in [-0.39, 0.29) is 30.3 Å². The number of hydrogen-bond acceptors (Lipinski definition) is 5. The van der Waals surface area contributed by atoms with Crippen LogP contribution in [0.15, 0.2) is 30.3 Å². The minimum absolute atomic E-state index is 0.0338. The second kappa shape index (κ2) is 13.5. The molecule has 32 heavy (non-hydrogen) atoms. The van der Waals surface area contributed by atoms with Gasteiger partial charge in [0.2, 0.25) is 0 Å². The van der Waals surface area contributed by atoms with Crippen LogP contribution in [0.25, 0.3) is 0 Å². The van der Waals surface area contributed by atoms with Gasteiger partial charge in [0.15, 0.2) is 5.78 Å². The first-order chi connectivity index (χ1) is 15.5. The number of hydrogen-bond donors (Lipinski definition) is 3. The molecule has 1 unspecified atom stereocenters. The zero-order valence-corrected chi connectivity index (χ0v) is 19.5. The molecule has 3 atom stereocenters. The number of rotatable bonds is 16. The van der Waals surface area contributed by atoms with Crippen molar-refractivity contribution < 1.29 is 19.5 Å². The summed E-state index contributed by atoms with van der Waals surface area (Å²) in [5.41, 5.74) is 4.99. The van der Waals surface area contributed by atoms with Gasteiger partial charge in [0.05, 0.1) is 0 Å². The van der Waals surface area contributed by atoms with Crippen LogP contribution >= 0.6 is 0 Å². The fourth-order valence-electron chi connectivity index (χ4n) is 5.08. The van der Waals surface area contributed by atoms with E-state index in [2.05, 4.69) is 12.2 Å². The molecule has 1 saturated carbocycles. The predicted octanol–water partition coefficient (Wildman–Crippen LogP) is 3.76. The number of carboxylic acids is 1. The molecule has 0 amide bonds. The molecule has 1 fully saturated rings. The van der Waals surface area contributed by atoms with Crippen LogP contribution in [0.1, 0.15) is 70.3 Å². The molecule has 4 N–H and O–H groups in total. The zero-order chi connectivity index (χ0) is 23.4. The van der Waals surface area contributed by atoms with E-state index in [1.54, 1.807) is 0 Å². The molecule has 0 aliphatic heterocycles. The normalized spacial score (nSPS) is 21.6. The van der Waals surface area contributed by atoms with Crippen LogP contribution < -0.4 is 11.1 Å². The minimum atomic E-state index is -1.58. The molecule has 1 aromatic carbocycles. The van der Waals surface area contributed by atoms with Gasteiger partial charge in [-0.15, -0.1) is 0 Å². The first-order valence-electron chi connectivity index (χ1n) is 12.2. The average molecular weight is 445 g/mol. The van der Waals surface area contributed by atoms with Crippen molar-refractivity contribution in [3.05, 3.63) is 35.9 Å². The second-order valence-corrected chi connectivity index (χ2v) is 9.07. The standard InChI is InChI=1S/C26H40N2O4/c1-2-3-4-8-12-21(19-20-10-6-5-7-11-20)24(30)22-13-14-23(29)26(22,25(31)32)15-9-17-28-18-16-27/h5-7,10-11,21-22,28H,2-4,8-9,12-19,27H2,1H3,(H,31,32)/t21?,22-,26+/m1/s1. The predicted molar refractivity (Wildman–Crippen MR) is 126 cm³/mol. The lowest BCUT2D eigenvalue weighted by molar-refractivity contribution is -0.160.